The van der Waals surface area contributed by atoms with Crippen LogP contribution in [0.4, 0.5) is 0 Å². The van der Waals surface area contributed by atoms with Gasteiger partial charge in [-0.2, -0.15) is 0 Å². The van der Waals surface area contributed by atoms with Gasteiger partial charge in [0, 0.05) is 0 Å². The third kappa shape index (κ3) is 2.69. The predicted octanol–water partition coefficient (Wildman–Crippen LogP) is 4.28. The highest BCUT2D eigenvalue weighted by atomic mass is 14.0. The molecule has 1 aromatic carbocycles. The first kappa shape index (κ1) is 9.97. The number of allylic oxidation sites excluding steroid dienone is 5. The molecule has 0 aliphatic heterocycles. The zero-order valence-corrected chi connectivity index (χ0v) is 9.11. The lowest BCUT2D eigenvalue weighted by Gasteiger charge is -2.03. The van der Waals surface area contributed by atoms with E-state index in [1.54, 1.807) is 0 Å². The van der Waals surface area contributed by atoms with E-state index in [4.69, 9.17) is 0 Å². The molecular formula is C15H16. The molecular weight excluding hydrogens is 180 g/mol. The van der Waals surface area contributed by atoms with Crippen molar-refractivity contribution in [1.29, 1.82) is 0 Å². The van der Waals surface area contributed by atoms with Crippen molar-refractivity contribution in [2.45, 2.75) is 19.8 Å². The lowest BCUT2D eigenvalue weighted by atomic mass is 10.0. The molecule has 0 N–H and O–H groups in total. The summed E-state index contributed by atoms with van der Waals surface area (Å²) in [5.41, 5.74) is 4.06. The van der Waals surface area contributed by atoms with E-state index in [0.29, 0.717) is 0 Å². The summed E-state index contributed by atoms with van der Waals surface area (Å²) in [5, 5.41) is 0. The van der Waals surface area contributed by atoms with E-state index < -0.39 is 0 Å². The van der Waals surface area contributed by atoms with Crippen molar-refractivity contribution in [2.75, 3.05) is 0 Å². The minimum atomic E-state index is 1.17. The Balaban J connectivity index is 2.14. The van der Waals surface area contributed by atoms with Crippen LogP contribution in [0.1, 0.15) is 24.0 Å². The maximum Gasteiger partial charge on any atom is -0.0227 e. The van der Waals surface area contributed by atoms with Crippen LogP contribution in [-0.4, -0.2) is 0 Å². The van der Waals surface area contributed by atoms with E-state index in [9.17, 15) is 0 Å². The molecule has 0 heterocycles. The largest absolute Gasteiger partial charge is 0.0842 e. The SMILES string of the molecule is Cc1ccccc1/C=C/C1=CC=CCC1. The van der Waals surface area contributed by atoms with Gasteiger partial charge < -0.3 is 0 Å². The van der Waals surface area contributed by atoms with Gasteiger partial charge >= 0.3 is 0 Å². The third-order valence-electron chi connectivity index (χ3n) is 2.71. The summed E-state index contributed by atoms with van der Waals surface area (Å²) in [5.74, 6) is 0. The molecule has 0 saturated carbocycles. The highest BCUT2D eigenvalue weighted by molar-refractivity contribution is 5.56. The van der Waals surface area contributed by atoms with Gasteiger partial charge in [0.1, 0.15) is 0 Å². The average molecular weight is 196 g/mol. The Labute approximate surface area is 91.6 Å². The number of aryl methyl sites for hydroxylation is 1. The van der Waals surface area contributed by atoms with Crippen molar-refractivity contribution in [3.05, 3.63) is 65.3 Å². The van der Waals surface area contributed by atoms with Crippen molar-refractivity contribution in [3.63, 3.8) is 0 Å². The molecule has 0 atom stereocenters. The molecule has 0 saturated heterocycles. The second kappa shape index (κ2) is 4.79. The van der Waals surface area contributed by atoms with Gasteiger partial charge in [0.15, 0.2) is 0 Å². The molecule has 0 nitrogen and oxygen atoms in total. The Morgan fingerprint density at radius 2 is 2.00 bits per heavy atom. The van der Waals surface area contributed by atoms with Crippen LogP contribution < -0.4 is 0 Å². The lowest BCUT2D eigenvalue weighted by molar-refractivity contribution is 0.992. The van der Waals surface area contributed by atoms with Crippen molar-refractivity contribution in [2.24, 2.45) is 0 Å². The molecule has 1 aliphatic carbocycles. The van der Waals surface area contributed by atoms with E-state index in [2.05, 4.69) is 61.6 Å². The first-order valence-corrected chi connectivity index (χ1v) is 5.46. The summed E-state index contributed by atoms with van der Waals surface area (Å²) in [6, 6.07) is 8.47. The van der Waals surface area contributed by atoms with Crippen LogP contribution >= 0.6 is 0 Å². The number of hydrogen-bond donors (Lipinski definition) is 0. The van der Waals surface area contributed by atoms with Crippen LogP contribution in [0.2, 0.25) is 0 Å². The smallest absolute Gasteiger partial charge is 0.0227 e. The fraction of sp³-hybridized carbons (Fsp3) is 0.200. The molecule has 1 aromatic rings. The Kier molecular flexibility index (Phi) is 3.18. The minimum Gasteiger partial charge on any atom is -0.0842 e. The lowest BCUT2D eigenvalue weighted by Crippen LogP contribution is -1.83. The normalized spacial score (nSPS) is 15.7. The summed E-state index contributed by atoms with van der Waals surface area (Å²) in [6.07, 6.45) is 13.3. The van der Waals surface area contributed by atoms with Crippen molar-refractivity contribution in [3.8, 4) is 0 Å². The highest BCUT2D eigenvalue weighted by Crippen LogP contribution is 2.16. The van der Waals surface area contributed by atoms with Gasteiger partial charge in [-0.1, -0.05) is 54.6 Å². The number of hydrogen-bond acceptors (Lipinski definition) is 0. The third-order valence-corrected chi connectivity index (χ3v) is 2.71. The number of rotatable bonds is 2. The standard InChI is InChI=1S/C15H16/c1-13-7-5-6-10-15(13)12-11-14-8-3-2-4-9-14/h2-3,5-8,10-12H,4,9H2,1H3/b12-11+. The Morgan fingerprint density at radius 1 is 1.13 bits per heavy atom. The second-order valence-electron chi connectivity index (χ2n) is 3.90. The molecule has 0 bridgehead atoms. The van der Waals surface area contributed by atoms with E-state index in [-0.39, 0.29) is 0 Å². The van der Waals surface area contributed by atoms with Crippen LogP contribution in [-0.2, 0) is 0 Å². The molecule has 15 heavy (non-hydrogen) atoms. The molecule has 1 aliphatic rings. The topological polar surface area (TPSA) is 0 Å². The van der Waals surface area contributed by atoms with Gasteiger partial charge in [0.2, 0.25) is 0 Å². The molecule has 0 heteroatoms. The summed E-state index contributed by atoms with van der Waals surface area (Å²) >= 11 is 0. The van der Waals surface area contributed by atoms with Gasteiger partial charge in [-0.25, -0.2) is 0 Å². The first-order valence-electron chi connectivity index (χ1n) is 5.46. The van der Waals surface area contributed by atoms with E-state index in [1.807, 2.05) is 0 Å². The fourth-order valence-electron chi connectivity index (χ4n) is 1.73. The molecule has 2 rings (SSSR count). The van der Waals surface area contributed by atoms with Crippen LogP contribution in [0.25, 0.3) is 6.08 Å². The molecule has 76 valence electrons. The predicted molar refractivity (Wildman–Crippen MR) is 66.7 cm³/mol. The van der Waals surface area contributed by atoms with Gasteiger partial charge in [-0.15, -0.1) is 0 Å². The van der Waals surface area contributed by atoms with Crippen molar-refractivity contribution >= 4 is 6.08 Å². The van der Waals surface area contributed by atoms with Crippen LogP contribution in [0.5, 0.6) is 0 Å². The second-order valence-corrected chi connectivity index (χ2v) is 3.90. The van der Waals surface area contributed by atoms with Crippen LogP contribution in [0, 0.1) is 6.92 Å². The van der Waals surface area contributed by atoms with E-state index in [1.165, 1.54) is 29.5 Å². The van der Waals surface area contributed by atoms with Crippen molar-refractivity contribution in [1.82, 2.24) is 0 Å². The first-order chi connectivity index (χ1) is 7.36. The summed E-state index contributed by atoms with van der Waals surface area (Å²) in [4.78, 5) is 0. The van der Waals surface area contributed by atoms with Gasteiger partial charge in [0.05, 0.1) is 0 Å². The van der Waals surface area contributed by atoms with Crippen LogP contribution in [0.3, 0.4) is 0 Å². The number of benzene rings is 1. The molecule has 0 spiro atoms. The van der Waals surface area contributed by atoms with E-state index in [0.717, 1.165) is 0 Å². The van der Waals surface area contributed by atoms with Gasteiger partial charge in [0.25, 0.3) is 0 Å². The summed E-state index contributed by atoms with van der Waals surface area (Å²) < 4.78 is 0. The summed E-state index contributed by atoms with van der Waals surface area (Å²) in [7, 11) is 0. The zero-order valence-electron chi connectivity index (χ0n) is 9.11. The maximum atomic E-state index is 2.23. The molecule has 0 aromatic heterocycles. The van der Waals surface area contributed by atoms with Gasteiger partial charge in [-0.05, 0) is 36.5 Å². The average Bonchev–Trinajstić information content (AvgIpc) is 2.29. The van der Waals surface area contributed by atoms with Crippen LogP contribution in [0.15, 0.2) is 54.1 Å². The quantitative estimate of drug-likeness (QED) is 0.662. The molecule has 0 unspecified atom stereocenters. The fourth-order valence-corrected chi connectivity index (χ4v) is 1.73. The Hall–Kier alpha value is -1.56. The van der Waals surface area contributed by atoms with E-state index >= 15 is 0 Å². The minimum absolute atomic E-state index is 1.17. The Morgan fingerprint density at radius 3 is 2.73 bits per heavy atom. The monoisotopic (exact) mass is 196 g/mol. The maximum absolute atomic E-state index is 2.23. The Bertz CT molecular complexity index is 419. The molecule has 0 amide bonds. The highest BCUT2D eigenvalue weighted by Gasteiger charge is 1.95. The van der Waals surface area contributed by atoms with Gasteiger partial charge in [-0.3, -0.25) is 0 Å². The molecule has 0 fully saturated rings. The zero-order chi connectivity index (χ0) is 10.5. The molecule has 0 radical (unpaired) electrons. The van der Waals surface area contributed by atoms with Crippen molar-refractivity contribution < 1.29 is 0 Å². The summed E-state index contributed by atoms with van der Waals surface area (Å²) in [6.45, 7) is 2.15.